The first-order chi connectivity index (χ1) is 4.70. The van der Waals surface area contributed by atoms with Crippen LogP contribution in [0.25, 0.3) is 0 Å². The molecule has 0 radical (unpaired) electrons. The summed E-state index contributed by atoms with van der Waals surface area (Å²) in [6, 6.07) is 0. The van der Waals surface area contributed by atoms with Gasteiger partial charge in [-0.3, -0.25) is 0 Å². The molecular weight excluding hydrogens is 130 g/mol. The number of aryl methyl sites for hydroxylation is 1. The van der Waals surface area contributed by atoms with Crippen molar-refractivity contribution in [1.82, 2.24) is 15.0 Å². The minimum absolute atomic E-state index is 0.361. The van der Waals surface area contributed by atoms with Gasteiger partial charge in [0, 0.05) is 0 Å². The van der Waals surface area contributed by atoms with Gasteiger partial charge in [-0.05, 0) is 13.8 Å². The molecule has 10 heavy (non-hydrogen) atoms. The van der Waals surface area contributed by atoms with Crippen molar-refractivity contribution in [2.45, 2.75) is 26.5 Å². The van der Waals surface area contributed by atoms with E-state index in [2.05, 4.69) is 10.3 Å². The molecule has 56 valence electrons. The Labute approximate surface area is 59.5 Å². The highest BCUT2D eigenvalue weighted by Crippen LogP contribution is 1.94. The number of hydrogen-bond donors (Lipinski definition) is 1. The molecule has 0 aliphatic heterocycles. The first-order valence-corrected chi connectivity index (χ1v) is 3.23. The van der Waals surface area contributed by atoms with Gasteiger partial charge < -0.3 is 5.11 Å². The zero-order valence-corrected chi connectivity index (χ0v) is 6.15. The molecule has 0 unspecified atom stereocenters. The highest BCUT2D eigenvalue weighted by molar-refractivity contribution is 4.88. The van der Waals surface area contributed by atoms with Crippen molar-refractivity contribution in [3.05, 3.63) is 11.9 Å². The van der Waals surface area contributed by atoms with E-state index in [1.807, 2.05) is 6.92 Å². The normalized spacial score (nSPS) is 13.5. The summed E-state index contributed by atoms with van der Waals surface area (Å²) >= 11 is 0. The second kappa shape index (κ2) is 2.79. The van der Waals surface area contributed by atoms with Crippen LogP contribution in [0.4, 0.5) is 0 Å². The lowest BCUT2D eigenvalue weighted by atomic mass is 10.4. The average molecular weight is 141 g/mol. The first-order valence-electron chi connectivity index (χ1n) is 3.23. The minimum atomic E-state index is -0.361. The number of aromatic nitrogens is 3. The Morgan fingerprint density at radius 1 is 1.80 bits per heavy atom. The molecule has 0 aliphatic carbocycles. The number of aliphatic hydroxyl groups excluding tert-OH is 1. The van der Waals surface area contributed by atoms with E-state index < -0.39 is 0 Å². The second-order valence-corrected chi connectivity index (χ2v) is 2.41. The molecule has 0 fully saturated rings. The Bertz CT molecular complexity index is 207. The van der Waals surface area contributed by atoms with Crippen LogP contribution >= 0.6 is 0 Å². The van der Waals surface area contributed by atoms with E-state index in [-0.39, 0.29) is 6.10 Å². The fourth-order valence-corrected chi connectivity index (χ4v) is 0.740. The summed E-state index contributed by atoms with van der Waals surface area (Å²) in [5, 5.41) is 16.4. The maximum Gasteiger partial charge on any atom is 0.0722 e. The summed E-state index contributed by atoms with van der Waals surface area (Å²) in [4.78, 5) is 0. The van der Waals surface area contributed by atoms with Gasteiger partial charge in [0.05, 0.1) is 24.5 Å². The maximum atomic E-state index is 8.96. The Kier molecular flexibility index (Phi) is 2.01. The third-order valence-electron chi connectivity index (χ3n) is 1.25. The molecule has 4 nitrogen and oxygen atoms in total. The highest BCUT2D eigenvalue weighted by atomic mass is 16.3. The third kappa shape index (κ3) is 1.54. The topological polar surface area (TPSA) is 50.9 Å². The standard InChI is InChI=1S/C6H11N3O/c1-5-3-7-8-9(5)4-6(2)10/h3,6,10H,4H2,1-2H3/t6-/m1/s1. The quantitative estimate of drug-likeness (QED) is 0.629. The Hall–Kier alpha value is -0.900. The van der Waals surface area contributed by atoms with Crippen molar-refractivity contribution in [2.24, 2.45) is 0 Å². The fraction of sp³-hybridized carbons (Fsp3) is 0.667. The SMILES string of the molecule is Cc1cnnn1C[C@@H](C)O. The minimum Gasteiger partial charge on any atom is -0.391 e. The molecule has 0 spiro atoms. The zero-order valence-electron chi connectivity index (χ0n) is 6.15. The predicted octanol–water partition coefficient (Wildman–Crippen LogP) is -0.0327. The second-order valence-electron chi connectivity index (χ2n) is 2.41. The van der Waals surface area contributed by atoms with Gasteiger partial charge in [0.1, 0.15) is 0 Å². The Morgan fingerprint density at radius 3 is 2.90 bits per heavy atom. The van der Waals surface area contributed by atoms with Crippen molar-refractivity contribution < 1.29 is 5.11 Å². The molecule has 1 heterocycles. The van der Waals surface area contributed by atoms with Gasteiger partial charge in [0.2, 0.25) is 0 Å². The van der Waals surface area contributed by atoms with Crippen molar-refractivity contribution in [3.63, 3.8) is 0 Å². The molecule has 4 heteroatoms. The molecule has 1 N–H and O–H groups in total. The van der Waals surface area contributed by atoms with E-state index in [1.54, 1.807) is 17.8 Å². The highest BCUT2D eigenvalue weighted by Gasteiger charge is 2.00. The van der Waals surface area contributed by atoms with Crippen LogP contribution in [-0.2, 0) is 6.54 Å². The summed E-state index contributed by atoms with van der Waals surface area (Å²) < 4.78 is 1.67. The predicted molar refractivity (Wildman–Crippen MR) is 36.4 cm³/mol. The van der Waals surface area contributed by atoms with Crippen molar-refractivity contribution in [2.75, 3.05) is 0 Å². The van der Waals surface area contributed by atoms with Gasteiger partial charge in [-0.25, -0.2) is 4.68 Å². The monoisotopic (exact) mass is 141 g/mol. The maximum absolute atomic E-state index is 8.96. The van der Waals surface area contributed by atoms with Crippen molar-refractivity contribution >= 4 is 0 Å². The lowest BCUT2D eigenvalue weighted by Gasteiger charge is -2.03. The fourth-order valence-electron chi connectivity index (χ4n) is 0.740. The first kappa shape index (κ1) is 7.21. The molecule has 0 bridgehead atoms. The van der Waals surface area contributed by atoms with E-state index in [1.165, 1.54) is 0 Å². The number of hydrogen-bond acceptors (Lipinski definition) is 3. The number of nitrogens with zero attached hydrogens (tertiary/aromatic N) is 3. The molecule has 0 aromatic carbocycles. The molecule has 1 aromatic heterocycles. The largest absolute Gasteiger partial charge is 0.391 e. The van der Waals surface area contributed by atoms with Crippen LogP contribution in [0, 0.1) is 6.92 Å². The molecule has 0 aliphatic rings. The van der Waals surface area contributed by atoms with Crippen LogP contribution in [0.15, 0.2) is 6.20 Å². The smallest absolute Gasteiger partial charge is 0.0722 e. The molecule has 0 saturated heterocycles. The van der Waals surface area contributed by atoms with Crippen LogP contribution in [-0.4, -0.2) is 26.2 Å². The average Bonchev–Trinajstić information content (AvgIpc) is 2.15. The summed E-state index contributed by atoms with van der Waals surface area (Å²) in [5.74, 6) is 0. The molecule has 1 atom stereocenters. The number of rotatable bonds is 2. The van der Waals surface area contributed by atoms with Crippen LogP contribution in [0.1, 0.15) is 12.6 Å². The molecule has 1 rings (SSSR count). The van der Waals surface area contributed by atoms with E-state index in [0.717, 1.165) is 5.69 Å². The summed E-state index contributed by atoms with van der Waals surface area (Å²) in [5.41, 5.74) is 0.973. The van der Waals surface area contributed by atoms with E-state index in [9.17, 15) is 0 Å². The molecule has 0 amide bonds. The van der Waals surface area contributed by atoms with Gasteiger partial charge >= 0.3 is 0 Å². The molecular formula is C6H11N3O. The Balaban J connectivity index is 2.65. The van der Waals surface area contributed by atoms with E-state index >= 15 is 0 Å². The summed E-state index contributed by atoms with van der Waals surface area (Å²) in [6.45, 7) is 4.15. The van der Waals surface area contributed by atoms with Gasteiger partial charge in [-0.2, -0.15) is 0 Å². The van der Waals surface area contributed by atoms with Gasteiger partial charge in [0.25, 0.3) is 0 Å². The van der Waals surface area contributed by atoms with Crippen molar-refractivity contribution in [3.8, 4) is 0 Å². The Morgan fingerprint density at radius 2 is 2.50 bits per heavy atom. The van der Waals surface area contributed by atoms with Gasteiger partial charge in [0.15, 0.2) is 0 Å². The van der Waals surface area contributed by atoms with E-state index in [0.29, 0.717) is 6.54 Å². The summed E-state index contributed by atoms with van der Waals surface area (Å²) in [7, 11) is 0. The molecule has 1 aromatic rings. The van der Waals surface area contributed by atoms with Crippen molar-refractivity contribution in [1.29, 1.82) is 0 Å². The van der Waals surface area contributed by atoms with Crippen LogP contribution in [0.3, 0.4) is 0 Å². The lowest BCUT2D eigenvalue weighted by Crippen LogP contribution is -2.14. The summed E-state index contributed by atoms with van der Waals surface area (Å²) in [6.07, 6.45) is 1.31. The van der Waals surface area contributed by atoms with Crippen LogP contribution < -0.4 is 0 Å². The van der Waals surface area contributed by atoms with Crippen LogP contribution in [0.2, 0.25) is 0 Å². The van der Waals surface area contributed by atoms with Gasteiger partial charge in [-0.1, -0.05) is 5.21 Å². The molecule has 0 saturated carbocycles. The number of aliphatic hydroxyl groups is 1. The zero-order chi connectivity index (χ0) is 7.56. The van der Waals surface area contributed by atoms with Gasteiger partial charge in [-0.15, -0.1) is 5.10 Å². The van der Waals surface area contributed by atoms with E-state index in [4.69, 9.17) is 5.11 Å². The lowest BCUT2D eigenvalue weighted by molar-refractivity contribution is 0.166. The van der Waals surface area contributed by atoms with Crippen LogP contribution in [0.5, 0.6) is 0 Å². The third-order valence-corrected chi connectivity index (χ3v) is 1.25.